The molecule has 1 aliphatic heterocycles. The van der Waals surface area contributed by atoms with Gasteiger partial charge in [-0.3, -0.25) is 4.90 Å². The fraction of sp³-hybridized carbons (Fsp3) is 0.708. The van der Waals surface area contributed by atoms with Crippen molar-refractivity contribution in [1.29, 1.82) is 0 Å². The minimum atomic E-state index is 0. The van der Waals surface area contributed by atoms with Gasteiger partial charge in [0, 0.05) is 52.1 Å². The molecular formula is C24H43IN4O3. The Balaban J connectivity index is 0.00000512. The second-order valence-electron chi connectivity index (χ2n) is 7.85. The van der Waals surface area contributed by atoms with Gasteiger partial charge in [0.2, 0.25) is 0 Å². The molecule has 184 valence electrons. The number of aliphatic imine (C=N–C) groups is 1. The van der Waals surface area contributed by atoms with Crippen molar-refractivity contribution < 1.29 is 14.2 Å². The number of unbranched alkanes of at least 4 members (excludes halogenated alkanes) is 1. The highest BCUT2D eigenvalue weighted by atomic mass is 127. The lowest BCUT2D eigenvalue weighted by atomic mass is 10.1. The van der Waals surface area contributed by atoms with E-state index in [9.17, 15) is 0 Å². The first kappa shape index (κ1) is 28.9. The van der Waals surface area contributed by atoms with Crippen LogP contribution in [0, 0.1) is 0 Å². The van der Waals surface area contributed by atoms with Gasteiger partial charge in [-0.25, -0.2) is 4.99 Å². The van der Waals surface area contributed by atoms with Crippen molar-refractivity contribution in [3.05, 3.63) is 29.8 Å². The normalized spacial score (nSPS) is 14.8. The molecule has 32 heavy (non-hydrogen) atoms. The Morgan fingerprint density at radius 2 is 1.97 bits per heavy atom. The van der Waals surface area contributed by atoms with E-state index in [2.05, 4.69) is 41.6 Å². The number of nitrogens with zero attached hydrogens (tertiary/aromatic N) is 2. The van der Waals surface area contributed by atoms with E-state index >= 15 is 0 Å². The Labute approximate surface area is 211 Å². The third-order valence-electron chi connectivity index (χ3n) is 5.40. The predicted molar refractivity (Wildman–Crippen MR) is 142 cm³/mol. The van der Waals surface area contributed by atoms with E-state index in [4.69, 9.17) is 19.2 Å². The average Bonchev–Trinajstić information content (AvgIpc) is 2.80. The molecule has 0 saturated carbocycles. The van der Waals surface area contributed by atoms with Gasteiger partial charge >= 0.3 is 0 Å². The van der Waals surface area contributed by atoms with Gasteiger partial charge in [-0.15, -0.1) is 24.0 Å². The third kappa shape index (κ3) is 12.2. The zero-order valence-electron chi connectivity index (χ0n) is 20.1. The van der Waals surface area contributed by atoms with Crippen LogP contribution in [0.5, 0.6) is 5.75 Å². The zero-order valence-corrected chi connectivity index (χ0v) is 22.4. The van der Waals surface area contributed by atoms with Crippen LogP contribution in [-0.2, 0) is 16.0 Å². The highest BCUT2D eigenvalue weighted by Crippen LogP contribution is 2.15. The summed E-state index contributed by atoms with van der Waals surface area (Å²) in [7, 11) is 2.18. The molecule has 0 unspecified atom stereocenters. The SMILES string of the molecule is CCNC(=NCc1cccc(OCCN(C)C2CCOCC2)c1)NCCCCOCC.I. The topological polar surface area (TPSA) is 67.4 Å². The van der Waals surface area contributed by atoms with Gasteiger partial charge in [0.05, 0.1) is 6.54 Å². The molecule has 0 atom stereocenters. The van der Waals surface area contributed by atoms with Crippen molar-refractivity contribution in [2.75, 3.05) is 59.7 Å². The van der Waals surface area contributed by atoms with Crippen LogP contribution >= 0.6 is 24.0 Å². The number of nitrogens with one attached hydrogen (secondary N) is 2. The second-order valence-corrected chi connectivity index (χ2v) is 7.85. The fourth-order valence-corrected chi connectivity index (χ4v) is 3.54. The van der Waals surface area contributed by atoms with Crippen molar-refractivity contribution in [2.24, 2.45) is 4.99 Å². The van der Waals surface area contributed by atoms with Gasteiger partial charge in [-0.05, 0) is 64.3 Å². The quantitative estimate of drug-likeness (QED) is 0.156. The molecule has 8 heteroatoms. The number of ether oxygens (including phenoxy) is 3. The van der Waals surface area contributed by atoms with Gasteiger partial charge in [0.25, 0.3) is 0 Å². The molecule has 0 amide bonds. The third-order valence-corrected chi connectivity index (χ3v) is 5.40. The van der Waals surface area contributed by atoms with Gasteiger partial charge < -0.3 is 24.8 Å². The van der Waals surface area contributed by atoms with Crippen LogP contribution in [0.4, 0.5) is 0 Å². The maximum absolute atomic E-state index is 6.01. The Bertz CT molecular complexity index is 627. The Morgan fingerprint density at radius 3 is 2.72 bits per heavy atom. The van der Waals surface area contributed by atoms with Crippen LogP contribution in [0.1, 0.15) is 45.1 Å². The summed E-state index contributed by atoms with van der Waals surface area (Å²) in [5.41, 5.74) is 1.14. The summed E-state index contributed by atoms with van der Waals surface area (Å²) >= 11 is 0. The van der Waals surface area contributed by atoms with Crippen LogP contribution in [0.15, 0.2) is 29.3 Å². The maximum atomic E-state index is 6.01. The molecule has 0 radical (unpaired) electrons. The van der Waals surface area contributed by atoms with Crippen molar-refractivity contribution in [3.8, 4) is 5.75 Å². The molecule has 0 aromatic heterocycles. The monoisotopic (exact) mass is 562 g/mol. The van der Waals surface area contributed by atoms with Crippen LogP contribution in [0.3, 0.4) is 0 Å². The van der Waals surface area contributed by atoms with E-state index in [1.807, 2.05) is 19.1 Å². The lowest BCUT2D eigenvalue weighted by Gasteiger charge is -2.31. The van der Waals surface area contributed by atoms with Gasteiger partial charge in [-0.2, -0.15) is 0 Å². The number of guanidine groups is 1. The first-order chi connectivity index (χ1) is 15.2. The van der Waals surface area contributed by atoms with E-state index in [1.165, 1.54) is 0 Å². The predicted octanol–water partition coefficient (Wildman–Crippen LogP) is 3.67. The summed E-state index contributed by atoms with van der Waals surface area (Å²) in [5, 5.41) is 6.71. The van der Waals surface area contributed by atoms with Crippen molar-refractivity contribution in [3.63, 3.8) is 0 Å². The molecule has 1 fully saturated rings. The summed E-state index contributed by atoms with van der Waals surface area (Å²) in [6, 6.07) is 8.84. The number of hydrogen-bond acceptors (Lipinski definition) is 5. The first-order valence-electron chi connectivity index (χ1n) is 11.8. The lowest BCUT2D eigenvalue weighted by molar-refractivity contribution is 0.0392. The fourth-order valence-electron chi connectivity index (χ4n) is 3.54. The van der Waals surface area contributed by atoms with Gasteiger partial charge in [0.1, 0.15) is 12.4 Å². The highest BCUT2D eigenvalue weighted by molar-refractivity contribution is 14.0. The summed E-state index contributed by atoms with van der Waals surface area (Å²) in [6.45, 7) is 11.4. The molecule has 1 aromatic carbocycles. The number of rotatable bonds is 14. The van der Waals surface area contributed by atoms with E-state index in [0.717, 1.165) is 89.0 Å². The molecular weight excluding hydrogens is 519 g/mol. The number of benzene rings is 1. The maximum Gasteiger partial charge on any atom is 0.191 e. The molecule has 7 nitrogen and oxygen atoms in total. The molecule has 2 N–H and O–H groups in total. The second kappa shape index (κ2) is 18.3. The van der Waals surface area contributed by atoms with Crippen LogP contribution < -0.4 is 15.4 Å². The Kier molecular flexibility index (Phi) is 16.6. The van der Waals surface area contributed by atoms with E-state index in [0.29, 0.717) is 19.2 Å². The summed E-state index contributed by atoms with van der Waals surface area (Å²) in [5.74, 6) is 1.75. The van der Waals surface area contributed by atoms with Crippen molar-refractivity contribution >= 4 is 29.9 Å². The zero-order chi connectivity index (χ0) is 22.2. The molecule has 1 heterocycles. The number of halogens is 1. The van der Waals surface area contributed by atoms with Gasteiger partial charge in [-0.1, -0.05) is 12.1 Å². The molecule has 0 aliphatic carbocycles. The minimum absolute atomic E-state index is 0. The molecule has 1 saturated heterocycles. The van der Waals surface area contributed by atoms with Crippen molar-refractivity contribution in [2.45, 2.75) is 52.1 Å². The lowest BCUT2D eigenvalue weighted by Crippen LogP contribution is -2.38. The largest absolute Gasteiger partial charge is 0.492 e. The molecule has 0 bridgehead atoms. The summed E-state index contributed by atoms with van der Waals surface area (Å²) in [4.78, 5) is 7.10. The summed E-state index contributed by atoms with van der Waals surface area (Å²) in [6.07, 6.45) is 4.34. The highest BCUT2D eigenvalue weighted by Gasteiger charge is 2.17. The minimum Gasteiger partial charge on any atom is -0.492 e. The molecule has 1 aliphatic rings. The van der Waals surface area contributed by atoms with Crippen LogP contribution in [0.2, 0.25) is 0 Å². The Morgan fingerprint density at radius 1 is 1.16 bits per heavy atom. The van der Waals surface area contributed by atoms with Crippen LogP contribution in [-0.4, -0.2) is 76.6 Å². The standard InChI is InChI=1S/C24H42N4O3.HI/c1-4-25-24(26-13-6-7-15-29-5-2)27-20-21-9-8-10-23(19-21)31-18-14-28(3)22-11-16-30-17-12-22;/h8-10,19,22H,4-7,11-18,20H2,1-3H3,(H2,25,26,27);1H. The van der Waals surface area contributed by atoms with E-state index < -0.39 is 0 Å². The van der Waals surface area contributed by atoms with Crippen molar-refractivity contribution in [1.82, 2.24) is 15.5 Å². The van der Waals surface area contributed by atoms with E-state index in [1.54, 1.807) is 0 Å². The molecule has 2 rings (SSSR count). The van der Waals surface area contributed by atoms with Gasteiger partial charge in [0.15, 0.2) is 5.96 Å². The van der Waals surface area contributed by atoms with Crippen LogP contribution in [0.25, 0.3) is 0 Å². The number of hydrogen-bond donors (Lipinski definition) is 2. The molecule has 1 aromatic rings. The Hall–Kier alpha value is -1.10. The first-order valence-corrected chi connectivity index (χ1v) is 11.8. The molecule has 0 spiro atoms. The van der Waals surface area contributed by atoms with E-state index in [-0.39, 0.29) is 24.0 Å². The smallest absolute Gasteiger partial charge is 0.191 e. The number of likely N-dealkylation sites (N-methyl/N-ethyl adjacent to an activating group) is 1. The summed E-state index contributed by atoms with van der Waals surface area (Å²) < 4.78 is 16.8. The average molecular weight is 563 g/mol.